The molecule has 0 saturated heterocycles. The number of aliphatic hydroxyl groups is 3. The Kier molecular flexibility index (Phi) is 5.92. The lowest BCUT2D eigenvalue weighted by Gasteiger charge is -2.29. The van der Waals surface area contributed by atoms with Crippen LogP contribution in [0, 0.1) is 0 Å². The monoisotopic (exact) mass is 350 g/mol. The van der Waals surface area contributed by atoms with E-state index >= 15 is 0 Å². The van der Waals surface area contributed by atoms with Crippen LogP contribution in [0.15, 0.2) is 34.9 Å². The van der Waals surface area contributed by atoms with Gasteiger partial charge < -0.3 is 20.1 Å². The molecule has 0 aromatic heterocycles. The topological polar surface area (TPSA) is 87.0 Å². The number of ether oxygens (including phenoxy) is 1. The van der Waals surface area contributed by atoms with Crippen molar-refractivity contribution in [2.24, 2.45) is 0 Å². The van der Waals surface area contributed by atoms with Gasteiger partial charge in [-0.2, -0.15) is 0 Å². The molecule has 140 valence electrons. The minimum absolute atomic E-state index is 0.263. The van der Waals surface area contributed by atoms with Crippen molar-refractivity contribution in [1.82, 2.24) is 0 Å². The van der Waals surface area contributed by atoms with Crippen LogP contribution in [0.1, 0.15) is 59.8 Å². The van der Waals surface area contributed by atoms with Crippen molar-refractivity contribution >= 4 is 5.97 Å². The number of rotatable bonds is 0. The molecule has 0 aromatic carbocycles. The van der Waals surface area contributed by atoms with Crippen molar-refractivity contribution in [2.75, 3.05) is 0 Å². The summed E-state index contributed by atoms with van der Waals surface area (Å²) in [5.74, 6) is -0.313. The maximum Gasteiger partial charge on any atom is 0.334 e. The van der Waals surface area contributed by atoms with E-state index in [1.807, 2.05) is 13.0 Å². The Balaban J connectivity index is 2.31. The molecular weight excluding hydrogens is 320 g/mol. The zero-order valence-electron chi connectivity index (χ0n) is 15.6. The third kappa shape index (κ3) is 5.03. The molecule has 0 bridgehead atoms. The van der Waals surface area contributed by atoms with E-state index in [1.165, 1.54) is 0 Å². The van der Waals surface area contributed by atoms with E-state index in [0.717, 1.165) is 11.1 Å². The maximum atomic E-state index is 11.9. The maximum absolute atomic E-state index is 11.9. The number of fused-ring (bicyclic) bond motifs is 1. The molecule has 1 aliphatic heterocycles. The highest BCUT2D eigenvalue weighted by molar-refractivity contribution is 5.92. The van der Waals surface area contributed by atoms with Crippen LogP contribution in [0.25, 0.3) is 0 Å². The third-order valence-electron chi connectivity index (χ3n) is 5.24. The summed E-state index contributed by atoms with van der Waals surface area (Å²) in [5, 5.41) is 31.3. The normalized spacial score (nSPS) is 38.0. The van der Waals surface area contributed by atoms with Gasteiger partial charge in [0, 0.05) is 5.57 Å². The number of carbonyl (C=O) groups excluding carboxylic acids is 1. The Morgan fingerprint density at radius 3 is 2.56 bits per heavy atom. The lowest BCUT2D eigenvalue weighted by molar-refractivity contribution is -0.138. The van der Waals surface area contributed by atoms with Gasteiger partial charge in [0.15, 0.2) is 0 Å². The summed E-state index contributed by atoms with van der Waals surface area (Å²) < 4.78 is 5.44. The first kappa shape index (κ1) is 19.9. The van der Waals surface area contributed by atoms with Gasteiger partial charge in [-0.1, -0.05) is 17.7 Å². The number of hydrogen-bond acceptors (Lipinski definition) is 5. The number of aliphatic hydroxyl groups excluding tert-OH is 1. The molecule has 1 aliphatic carbocycles. The molecular formula is C20H30O5. The van der Waals surface area contributed by atoms with Gasteiger partial charge in [0.05, 0.1) is 17.3 Å². The third-order valence-corrected chi connectivity index (χ3v) is 5.24. The van der Waals surface area contributed by atoms with E-state index in [0.29, 0.717) is 31.3 Å². The summed E-state index contributed by atoms with van der Waals surface area (Å²) >= 11 is 0. The standard InChI is InChI=1S/C20H30O5/c1-13-6-7-17(21)20(4,24)10-5-9-19(3,23)11-8-15-14(2)18(22)25-16(15)12-13/h5,9,12,16-17,21,23-24H,6-8,10-11H2,1-4H3/t16-,17-,19-,20+/m0/s1. The molecule has 0 spiro atoms. The van der Waals surface area contributed by atoms with E-state index in [2.05, 4.69) is 0 Å². The molecule has 3 N–H and O–H groups in total. The summed E-state index contributed by atoms with van der Waals surface area (Å²) in [5.41, 5.74) is 0.206. The zero-order chi connectivity index (χ0) is 18.8. The summed E-state index contributed by atoms with van der Waals surface area (Å²) in [4.78, 5) is 11.9. The Bertz CT molecular complexity index is 610. The zero-order valence-corrected chi connectivity index (χ0v) is 15.6. The second-order valence-electron chi connectivity index (χ2n) is 7.86. The second-order valence-corrected chi connectivity index (χ2v) is 7.86. The molecule has 2 rings (SSSR count). The largest absolute Gasteiger partial charge is 0.450 e. The molecule has 1 heterocycles. The predicted octanol–water partition coefficient (Wildman–Crippen LogP) is 2.56. The first-order valence-electron chi connectivity index (χ1n) is 8.90. The smallest absolute Gasteiger partial charge is 0.334 e. The van der Waals surface area contributed by atoms with E-state index in [-0.39, 0.29) is 12.4 Å². The van der Waals surface area contributed by atoms with Crippen LogP contribution in [0.4, 0.5) is 0 Å². The Morgan fingerprint density at radius 2 is 1.88 bits per heavy atom. The number of allylic oxidation sites excluding steroid dienone is 1. The fraction of sp³-hybridized carbons (Fsp3) is 0.650. The van der Waals surface area contributed by atoms with Crippen LogP contribution in [-0.4, -0.2) is 44.7 Å². The molecule has 5 heteroatoms. The SMILES string of the molecule is CC1=C[C@@H]2OC(=O)C(C)=C2CC[C@@](C)(O)C=CC[C@@](C)(O)[C@@H](O)CC1. The van der Waals surface area contributed by atoms with Gasteiger partial charge in [-0.25, -0.2) is 4.79 Å². The van der Waals surface area contributed by atoms with Crippen LogP contribution >= 0.6 is 0 Å². The number of esters is 1. The highest BCUT2D eigenvalue weighted by Gasteiger charge is 2.33. The van der Waals surface area contributed by atoms with Crippen molar-refractivity contribution in [3.8, 4) is 0 Å². The Labute approximate surface area is 149 Å². The second kappa shape index (κ2) is 7.44. The number of hydrogen-bond donors (Lipinski definition) is 3. The Morgan fingerprint density at radius 1 is 1.20 bits per heavy atom. The minimum atomic E-state index is -1.25. The van der Waals surface area contributed by atoms with Gasteiger partial charge in [-0.3, -0.25) is 0 Å². The molecule has 5 nitrogen and oxygen atoms in total. The average molecular weight is 350 g/mol. The van der Waals surface area contributed by atoms with E-state index in [1.54, 1.807) is 32.9 Å². The highest BCUT2D eigenvalue weighted by Crippen LogP contribution is 2.32. The van der Waals surface area contributed by atoms with Gasteiger partial charge in [0.2, 0.25) is 0 Å². The van der Waals surface area contributed by atoms with E-state index in [9.17, 15) is 20.1 Å². The fourth-order valence-corrected chi connectivity index (χ4v) is 3.26. The summed E-state index contributed by atoms with van der Waals surface area (Å²) in [6.45, 7) is 6.99. The van der Waals surface area contributed by atoms with Gasteiger partial charge in [-0.15, -0.1) is 0 Å². The van der Waals surface area contributed by atoms with Crippen LogP contribution in [0.5, 0.6) is 0 Å². The van der Waals surface area contributed by atoms with Gasteiger partial charge in [0.1, 0.15) is 6.10 Å². The molecule has 0 radical (unpaired) electrons. The Hall–Kier alpha value is -1.43. The van der Waals surface area contributed by atoms with Crippen LogP contribution < -0.4 is 0 Å². The molecule has 0 amide bonds. The van der Waals surface area contributed by atoms with Crippen LogP contribution in [0.3, 0.4) is 0 Å². The van der Waals surface area contributed by atoms with E-state index in [4.69, 9.17) is 4.74 Å². The molecule has 0 aromatic rings. The average Bonchev–Trinajstić information content (AvgIpc) is 2.76. The quantitative estimate of drug-likeness (QED) is 0.462. The van der Waals surface area contributed by atoms with Crippen molar-refractivity contribution in [2.45, 2.75) is 83.2 Å². The van der Waals surface area contributed by atoms with Crippen LogP contribution in [-0.2, 0) is 9.53 Å². The van der Waals surface area contributed by atoms with Gasteiger partial charge in [0.25, 0.3) is 0 Å². The highest BCUT2D eigenvalue weighted by atomic mass is 16.5. The molecule has 0 fully saturated rings. The van der Waals surface area contributed by atoms with Crippen molar-refractivity contribution in [1.29, 1.82) is 0 Å². The molecule has 25 heavy (non-hydrogen) atoms. The lowest BCUT2D eigenvalue weighted by Crippen LogP contribution is -2.39. The fourth-order valence-electron chi connectivity index (χ4n) is 3.26. The first-order valence-corrected chi connectivity index (χ1v) is 8.90. The lowest BCUT2D eigenvalue weighted by atomic mass is 9.87. The van der Waals surface area contributed by atoms with Gasteiger partial charge in [-0.05, 0) is 71.4 Å². The van der Waals surface area contributed by atoms with Crippen molar-refractivity contribution in [3.05, 3.63) is 34.9 Å². The molecule has 0 unspecified atom stereocenters. The molecule has 0 saturated carbocycles. The molecule has 2 aliphatic rings. The van der Waals surface area contributed by atoms with Crippen molar-refractivity contribution in [3.63, 3.8) is 0 Å². The minimum Gasteiger partial charge on any atom is -0.450 e. The van der Waals surface area contributed by atoms with Crippen LogP contribution in [0.2, 0.25) is 0 Å². The predicted molar refractivity (Wildman–Crippen MR) is 95.8 cm³/mol. The number of carbonyl (C=O) groups is 1. The summed E-state index contributed by atoms with van der Waals surface area (Å²) in [6.07, 6.45) is 6.28. The first-order chi connectivity index (χ1) is 11.5. The molecule has 4 atom stereocenters. The van der Waals surface area contributed by atoms with Crippen molar-refractivity contribution < 1.29 is 24.9 Å². The van der Waals surface area contributed by atoms with E-state index < -0.39 is 23.4 Å². The van der Waals surface area contributed by atoms with Gasteiger partial charge >= 0.3 is 5.97 Å². The summed E-state index contributed by atoms with van der Waals surface area (Å²) in [6, 6.07) is 0. The summed E-state index contributed by atoms with van der Waals surface area (Å²) in [7, 11) is 0.